The molecule has 0 radical (unpaired) electrons. The van der Waals surface area contributed by atoms with Crippen LogP contribution in [-0.4, -0.2) is 35.9 Å². The summed E-state index contributed by atoms with van der Waals surface area (Å²) in [4.78, 5) is 27.9. The molecule has 2 saturated carbocycles. The fourth-order valence-electron chi connectivity index (χ4n) is 4.74. The number of fused-ring (bicyclic) bond motifs is 1. The fraction of sp³-hybridized carbons (Fsp3) is 0.500. The van der Waals surface area contributed by atoms with Gasteiger partial charge in [0.2, 0.25) is 5.91 Å². The summed E-state index contributed by atoms with van der Waals surface area (Å²) in [6.07, 6.45) is 5.36. The highest BCUT2D eigenvalue weighted by Crippen LogP contribution is 2.41. The van der Waals surface area contributed by atoms with Crippen molar-refractivity contribution >= 4 is 11.8 Å². The van der Waals surface area contributed by atoms with Crippen LogP contribution >= 0.6 is 0 Å². The molecule has 0 spiro atoms. The first kappa shape index (κ1) is 22.0. The predicted octanol–water partition coefficient (Wildman–Crippen LogP) is 4.56. The van der Waals surface area contributed by atoms with Gasteiger partial charge in [0, 0.05) is 19.0 Å². The third-order valence-corrected chi connectivity index (χ3v) is 7.15. The maximum absolute atomic E-state index is 13.2. The van der Waals surface area contributed by atoms with Crippen LogP contribution in [0.1, 0.15) is 67.3 Å². The topological polar surface area (TPSA) is 58.6 Å². The van der Waals surface area contributed by atoms with Crippen molar-refractivity contribution in [2.45, 2.75) is 64.5 Å². The van der Waals surface area contributed by atoms with Crippen molar-refractivity contribution < 1.29 is 14.3 Å². The summed E-state index contributed by atoms with van der Waals surface area (Å²) in [5.41, 5.74) is 4.70. The van der Waals surface area contributed by atoms with Crippen LogP contribution in [0.4, 0.5) is 0 Å². The van der Waals surface area contributed by atoms with E-state index in [1.165, 1.54) is 24.0 Å². The number of benzene rings is 2. The number of hydrogen-bond acceptors (Lipinski definition) is 3. The first-order valence-electron chi connectivity index (χ1n) is 12.5. The Morgan fingerprint density at radius 1 is 1.09 bits per heavy atom. The lowest BCUT2D eigenvalue weighted by atomic mass is 9.87. The number of carbonyl (C=O) groups is 2. The normalized spacial score (nSPS) is 20.7. The van der Waals surface area contributed by atoms with E-state index < -0.39 is 6.10 Å². The Hall–Kier alpha value is -2.82. The molecule has 2 aromatic rings. The zero-order chi connectivity index (χ0) is 22.9. The van der Waals surface area contributed by atoms with E-state index in [9.17, 15) is 9.59 Å². The van der Waals surface area contributed by atoms with Crippen LogP contribution in [0.15, 0.2) is 42.5 Å². The van der Waals surface area contributed by atoms with Gasteiger partial charge in [0.25, 0.3) is 5.91 Å². The summed E-state index contributed by atoms with van der Waals surface area (Å²) in [5.74, 6) is 1.74. The molecule has 2 aromatic carbocycles. The Balaban J connectivity index is 1.42. The predicted molar refractivity (Wildman–Crippen MR) is 128 cm³/mol. The molecule has 0 bridgehead atoms. The Bertz CT molecular complexity index is 1020. The lowest BCUT2D eigenvalue weighted by Gasteiger charge is -2.38. The average Bonchev–Trinajstić information content (AvgIpc) is 3.74. The molecule has 0 saturated heterocycles. The molecule has 3 aliphatic rings. The van der Waals surface area contributed by atoms with E-state index in [1.807, 2.05) is 13.0 Å². The van der Waals surface area contributed by atoms with Gasteiger partial charge in [0.1, 0.15) is 5.75 Å². The van der Waals surface area contributed by atoms with Crippen LogP contribution in [0.3, 0.4) is 0 Å². The highest BCUT2D eigenvalue weighted by molar-refractivity contribution is 5.82. The smallest absolute Gasteiger partial charge is 0.261 e. The van der Waals surface area contributed by atoms with Crippen LogP contribution < -0.4 is 10.1 Å². The number of nitrogens with one attached hydrogen (secondary N) is 1. The van der Waals surface area contributed by atoms with Gasteiger partial charge in [-0.1, -0.05) is 42.8 Å². The van der Waals surface area contributed by atoms with Crippen molar-refractivity contribution in [1.82, 2.24) is 10.2 Å². The zero-order valence-corrected chi connectivity index (χ0v) is 19.7. The molecule has 2 atom stereocenters. The average molecular weight is 447 g/mol. The minimum Gasteiger partial charge on any atom is -0.481 e. The summed E-state index contributed by atoms with van der Waals surface area (Å²) >= 11 is 0. The molecule has 2 fully saturated rings. The monoisotopic (exact) mass is 446 g/mol. The van der Waals surface area contributed by atoms with E-state index in [0.29, 0.717) is 18.1 Å². The molecule has 0 unspecified atom stereocenters. The number of aryl methyl sites for hydroxylation is 1. The standard InChI is InChI=1S/C28H34N2O3/c1-3-25(27(31)29-17-19-6-7-19)33-23-13-12-20-14-15-30(28(32)22-10-11-22)26(24(20)16-23)21-8-4-18(2)5-9-21/h4-5,8-9,12-13,16,19,22,25-26H,3,6-7,10-11,14-15,17H2,1-2H3,(H,29,31)/t25-,26+/m1/s1. The lowest BCUT2D eigenvalue weighted by molar-refractivity contribution is -0.134. The Labute approximate surface area is 196 Å². The van der Waals surface area contributed by atoms with E-state index in [-0.39, 0.29) is 23.8 Å². The van der Waals surface area contributed by atoms with E-state index in [1.54, 1.807) is 0 Å². The number of nitrogens with zero attached hydrogens (tertiary/aromatic N) is 1. The Morgan fingerprint density at radius 3 is 2.52 bits per heavy atom. The molecule has 5 rings (SSSR count). The highest BCUT2D eigenvalue weighted by Gasteiger charge is 2.39. The van der Waals surface area contributed by atoms with Crippen LogP contribution in [0.2, 0.25) is 0 Å². The first-order valence-corrected chi connectivity index (χ1v) is 12.5. The molecule has 1 N–H and O–H groups in total. The minimum atomic E-state index is -0.507. The molecule has 1 heterocycles. The highest BCUT2D eigenvalue weighted by atomic mass is 16.5. The van der Waals surface area contributed by atoms with Crippen LogP contribution in [-0.2, 0) is 16.0 Å². The molecular formula is C28H34N2O3. The molecule has 5 heteroatoms. The molecule has 174 valence electrons. The SMILES string of the molecule is CC[C@@H](Oc1ccc2c(c1)[C@H](c1ccc(C)cc1)N(C(=O)C1CC1)CC2)C(=O)NCC1CC1. The number of carbonyl (C=O) groups excluding carboxylic acids is 2. The maximum atomic E-state index is 13.2. The maximum Gasteiger partial charge on any atom is 0.261 e. The van der Waals surface area contributed by atoms with E-state index in [2.05, 4.69) is 53.5 Å². The molecule has 33 heavy (non-hydrogen) atoms. The second-order valence-electron chi connectivity index (χ2n) is 9.93. The van der Waals surface area contributed by atoms with E-state index in [0.717, 1.165) is 43.5 Å². The largest absolute Gasteiger partial charge is 0.481 e. The van der Waals surface area contributed by atoms with Crippen molar-refractivity contribution in [3.63, 3.8) is 0 Å². The zero-order valence-electron chi connectivity index (χ0n) is 19.7. The van der Waals surface area contributed by atoms with Crippen LogP contribution in [0.5, 0.6) is 5.75 Å². The molecular weight excluding hydrogens is 412 g/mol. The quantitative estimate of drug-likeness (QED) is 0.647. The second-order valence-corrected chi connectivity index (χ2v) is 9.93. The second kappa shape index (κ2) is 9.20. The van der Waals surface area contributed by atoms with Gasteiger partial charge in [-0.2, -0.15) is 0 Å². The van der Waals surface area contributed by atoms with E-state index >= 15 is 0 Å². The van der Waals surface area contributed by atoms with Gasteiger partial charge in [-0.3, -0.25) is 9.59 Å². The van der Waals surface area contributed by atoms with Gasteiger partial charge in [0.15, 0.2) is 6.10 Å². The summed E-state index contributed by atoms with van der Waals surface area (Å²) in [6, 6.07) is 14.5. The number of ether oxygens (including phenoxy) is 1. The third kappa shape index (κ3) is 4.92. The number of hydrogen-bond donors (Lipinski definition) is 1. The lowest BCUT2D eigenvalue weighted by Crippen LogP contribution is -2.41. The molecule has 2 amide bonds. The molecule has 2 aliphatic carbocycles. The summed E-state index contributed by atoms with van der Waals surface area (Å²) in [7, 11) is 0. The van der Waals surface area contributed by atoms with Crippen molar-refractivity contribution in [2.75, 3.05) is 13.1 Å². The van der Waals surface area contributed by atoms with Crippen molar-refractivity contribution in [1.29, 1.82) is 0 Å². The van der Waals surface area contributed by atoms with Crippen molar-refractivity contribution in [3.05, 3.63) is 64.7 Å². The fourth-order valence-corrected chi connectivity index (χ4v) is 4.74. The van der Waals surface area contributed by atoms with Crippen molar-refractivity contribution in [2.24, 2.45) is 11.8 Å². The van der Waals surface area contributed by atoms with Gasteiger partial charge in [-0.15, -0.1) is 0 Å². The van der Waals surface area contributed by atoms with Gasteiger partial charge >= 0.3 is 0 Å². The summed E-state index contributed by atoms with van der Waals surface area (Å²) in [6.45, 7) is 5.54. The molecule has 1 aliphatic heterocycles. The van der Waals surface area contributed by atoms with Gasteiger partial charge in [-0.05, 0) is 80.2 Å². The molecule has 0 aromatic heterocycles. The molecule has 5 nitrogen and oxygen atoms in total. The summed E-state index contributed by atoms with van der Waals surface area (Å²) in [5, 5.41) is 3.04. The third-order valence-electron chi connectivity index (χ3n) is 7.15. The number of amides is 2. The minimum absolute atomic E-state index is 0.0391. The Kier molecular flexibility index (Phi) is 6.13. The van der Waals surface area contributed by atoms with Crippen LogP contribution in [0, 0.1) is 18.8 Å². The van der Waals surface area contributed by atoms with Gasteiger partial charge in [-0.25, -0.2) is 0 Å². The first-order chi connectivity index (χ1) is 16.0. The van der Waals surface area contributed by atoms with E-state index in [4.69, 9.17) is 4.74 Å². The van der Waals surface area contributed by atoms with Gasteiger partial charge in [0.05, 0.1) is 6.04 Å². The van der Waals surface area contributed by atoms with Gasteiger partial charge < -0.3 is 15.0 Å². The van der Waals surface area contributed by atoms with Crippen LogP contribution in [0.25, 0.3) is 0 Å². The Morgan fingerprint density at radius 2 is 1.85 bits per heavy atom. The van der Waals surface area contributed by atoms with Crippen molar-refractivity contribution in [3.8, 4) is 5.75 Å². The summed E-state index contributed by atoms with van der Waals surface area (Å²) < 4.78 is 6.19. The number of rotatable bonds is 8.